The van der Waals surface area contributed by atoms with Gasteiger partial charge in [-0.2, -0.15) is 0 Å². The van der Waals surface area contributed by atoms with Crippen molar-refractivity contribution in [3.63, 3.8) is 0 Å². The van der Waals surface area contributed by atoms with Crippen LogP contribution in [0.3, 0.4) is 0 Å². The van der Waals surface area contributed by atoms with E-state index in [2.05, 4.69) is 5.32 Å². The van der Waals surface area contributed by atoms with Crippen LogP contribution in [0.5, 0.6) is 0 Å². The quantitative estimate of drug-likeness (QED) is 0.573. The van der Waals surface area contributed by atoms with Crippen LogP contribution in [0.25, 0.3) is 0 Å². The maximum absolute atomic E-state index is 12.5. The number of ether oxygens (including phenoxy) is 2. The molecule has 6 nitrogen and oxygen atoms in total. The lowest BCUT2D eigenvalue weighted by Crippen LogP contribution is -2.38. The second-order valence-electron chi connectivity index (χ2n) is 5.67. The molecular formula is C17H24N2O4S. The van der Waals surface area contributed by atoms with Crippen LogP contribution in [0.2, 0.25) is 0 Å². The average molecular weight is 352 g/mol. The Labute approximate surface area is 146 Å². The maximum atomic E-state index is 12.5. The highest BCUT2D eigenvalue weighted by atomic mass is 32.2. The van der Waals surface area contributed by atoms with Gasteiger partial charge >= 0.3 is 5.97 Å². The maximum Gasteiger partial charge on any atom is 0.307 e. The lowest BCUT2D eigenvalue weighted by atomic mass is 10.0. The molecule has 0 aliphatic carbocycles. The summed E-state index contributed by atoms with van der Waals surface area (Å²) in [6, 6.07) is 7.32. The summed E-state index contributed by atoms with van der Waals surface area (Å²) in [6.07, 6.45) is 2.91. The second kappa shape index (κ2) is 9.05. The normalized spacial score (nSPS) is 21.3. The first-order chi connectivity index (χ1) is 11.6. The number of rotatable bonds is 7. The molecule has 0 saturated carbocycles. The van der Waals surface area contributed by atoms with Gasteiger partial charge in [0.2, 0.25) is 5.91 Å². The summed E-state index contributed by atoms with van der Waals surface area (Å²) in [4.78, 5) is 25.3. The highest BCUT2D eigenvalue weighted by molar-refractivity contribution is 7.98. The number of nitrogens with two attached hydrogens (primary N) is 1. The van der Waals surface area contributed by atoms with Crippen LogP contribution in [-0.4, -0.2) is 44.0 Å². The van der Waals surface area contributed by atoms with Crippen LogP contribution in [0, 0.1) is 0 Å². The molecule has 0 radical (unpaired) electrons. The predicted molar refractivity (Wildman–Crippen MR) is 92.7 cm³/mol. The molecule has 0 bridgehead atoms. The number of carbonyl (C=O) groups excluding carboxylic acids is 2. The molecule has 1 amide bonds. The fourth-order valence-corrected chi connectivity index (χ4v) is 3.08. The van der Waals surface area contributed by atoms with Crippen LogP contribution >= 0.6 is 11.8 Å². The smallest absolute Gasteiger partial charge is 0.307 e. The summed E-state index contributed by atoms with van der Waals surface area (Å²) >= 11 is 1.63. The average Bonchev–Trinajstić information content (AvgIpc) is 3.10. The Morgan fingerprint density at radius 3 is 2.62 bits per heavy atom. The molecule has 3 N–H and O–H groups in total. The molecule has 1 aliphatic rings. The van der Waals surface area contributed by atoms with E-state index in [1.807, 2.05) is 30.5 Å². The van der Waals surface area contributed by atoms with Gasteiger partial charge in [0.05, 0.1) is 25.7 Å². The molecule has 1 unspecified atom stereocenters. The standard InChI is InChI=1S/C17H24N2O4S/c1-22-16(20)9-14(11-3-6-13(24-2)7-4-11)19-17(21)15-8-5-12(10-18)23-15/h3-4,6-7,12,14-15H,5,8-10,18H2,1-2H3,(H,19,21)/t12-,14?,15+/m1/s1. The first kappa shape index (κ1) is 18.8. The fraction of sp³-hybridized carbons (Fsp3) is 0.529. The van der Waals surface area contributed by atoms with E-state index in [4.69, 9.17) is 15.2 Å². The molecule has 132 valence electrons. The van der Waals surface area contributed by atoms with Gasteiger partial charge in [-0.05, 0) is 36.8 Å². The Morgan fingerprint density at radius 2 is 2.08 bits per heavy atom. The molecule has 1 saturated heterocycles. The summed E-state index contributed by atoms with van der Waals surface area (Å²) < 4.78 is 10.4. The number of methoxy groups -OCH3 is 1. The number of carbonyl (C=O) groups is 2. The van der Waals surface area contributed by atoms with Crippen molar-refractivity contribution in [2.45, 2.75) is 42.4 Å². The number of hydrogen-bond donors (Lipinski definition) is 2. The van der Waals surface area contributed by atoms with Crippen molar-refractivity contribution in [2.24, 2.45) is 5.73 Å². The third-order valence-electron chi connectivity index (χ3n) is 4.10. The third kappa shape index (κ3) is 4.96. The topological polar surface area (TPSA) is 90.7 Å². The summed E-state index contributed by atoms with van der Waals surface area (Å²) in [5.74, 6) is -0.588. The van der Waals surface area contributed by atoms with E-state index in [9.17, 15) is 9.59 Å². The number of thioether (sulfide) groups is 1. The Kier molecular flexibility index (Phi) is 7.08. The van der Waals surface area contributed by atoms with Gasteiger partial charge in [0.25, 0.3) is 0 Å². The second-order valence-corrected chi connectivity index (χ2v) is 6.55. The molecular weight excluding hydrogens is 328 g/mol. The minimum Gasteiger partial charge on any atom is -0.469 e. The summed E-state index contributed by atoms with van der Waals surface area (Å²) in [6.45, 7) is 0.408. The monoisotopic (exact) mass is 352 g/mol. The lowest BCUT2D eigenvalue weighted by Gasteiger charge is -2.21. The van der Waals surface area contributed by atoms with E-state index < -0.39 is 12.1 Å². The molecule has 1 aliphatic heterocycles. The van der Waals surface area contributed by atoms with Crippen molar-refractivity contribution < 1.29 is 19.1 Å². The predicted octanol–water partition coefficient (Wildman–Crippen LogP) is 1.64. The van der Waals surface area contributed by atoms with E-state index in [0.29, 0.717) is 13.0 Å². The van der Waals surface area contributed by atoms with Gasteiger partial charge in [-0.15, -0.1) is 11.8 Å². The summed E-state index contributed by atoms with van der Waals surface area (Å²) in [5, 5.41) is 2.91. The van der Waals surface area contributed by atoms with E-state index in [-0.39, 0.29) is 24.4 Å². The molecule has 0 spiro atoms. The molecule has 24 heavy (non-hydrogen) atoms. The summed E-state index contributed by atoms with van der Waals surface area (Å²) in [5.41, 5.74) is 6.44. The molecule has 1 heterocycles. The van der Waals surface area contributed by atoms with Crippen molar-refractivity contribution in [3.05, 3.63) is 29.8 Å². The molecule has 7 heteroatoms. The van der Waals surface area contributed by atoms with Gasteiger partial charge in [0.15, 0.2) is 0 Å². The van der Waals surface area contributed by atoms with Gasteiger partial charge in [0, 0.05) is 11.4 Å². The third-order valence-corrected chi connectivity index (χ3v) is 4.84. The Morgan fingerprint density at radius 1 is 1.38 bits per heavy atom. The number of nitrogens with one attached hydrogen (secondary N) is 1. The molecule has 2 rings (SSSR count). The highest BCUT2D eigenvalue weighted by Crippen LogP contribution is 2.24. The van der Waals surface area contributed by atoms with Crippen LogP contribution in [0.15, 0.2) is 29.2 Å². The minimum atomic E-state index is -0.510. The van der Waals surface area contributed by atoms with E-state index in [1.165, 1.54) is 7.11 Å². The van der Waals surface area contributed by atoms with Crippen molar-refractivity contribution in [3.8, 4) is 0 Å². The van der Waals surface area contributed by atoms with Gasteiger partial charge in [-0.3, -0.25) is 9.59 Å². The van der Waals surface area contributed by atoms with Crippen LogP contribution in [0.1, 0.15) is 30.9 Å². The Hall–Kier alpha value is -1.57. The Balaban J connectivity index is 2.07. The number of amides is 1. The van der Waals surface area contributed by atoms with Gasteiger partial charge in [-0.1, -0.05) is 12.1 Å². The zero-order valence-corrected chi connectivity index (χ0v) is 14.8. The van der Waals surface area contributed by atoms with Crippen molar-refractivity contribution in [2.75, 3.05) is 19.9 Å². The Bertz CT molecular complexity index is 564. The van der Waals surface area contributed by atoms with E-state index in [1.54, 1.807) is 11.8 Å². The van der Waals surface area contributed by atoms with Crippen molar-refractivity contribution in [1.82, 2.24) is 5.32 Å². The number of benzene rings is 1. The van der Waals surface area contributed by atoms with Gasteiger partial charge < -0.3 is 20.5 Å². The van der Waals surface area contributed by atoms with Gasteiger partial charge in [-0.25, -0.2) is 0 Å². The molecule has 0 aromatic heterocycles. The van der Waals surface area contributed by atoms with E-state index in [0.717, 1.165) is 16.9 Å². The molecule has 1 fully saturated rings. The molecule has 1 aromatic carbocycles. The number of esters is 1. The lowest BCUT2D eigenvalue weighted by molar-refractivity contribution is -0.141. The highest BCUT2D eigenvalue weighted by Gasteiger charge is 2.31. The largest absolute Gasteiger partial charge is 0.469 e. The minimum absolute atomic E-state index is 0.0688. The van der Waals surface area contributed by atoms with Crippen molar-refractivity contribution in [1.29, 1.82) is 0 Å². The fourth-order valence-electron chi connectivity index (χ4n) is 2.68. The van der Waals surface area contributed by atoms with Crippen LogP contribution in [0.4, 0.5) is 0 Å². The zero-order chi connectivity index (χ0) is 17.5. The van der Waals surface area contributed by atoms with Gasteiger partial charge in [0.1, 0.15) is 6.10 Å². The number of hydrogen-bond acceptors (Lipinski definition) is 6. The van der Waals surface area contributed by atoms with Crippen LogP contribution < -0.4 is 11.1 Å². The van der Waals surface area contributed by atoms with E-state index >= 15 is 0 Å². The molecule has 3 atom stereocenters. The first-order valence-electron chi connectivity index (χ1n) is 7.94. The van der Waals surface area contributed by atoms with Crippen LogP contribution in [-0.2, 0) is 19.1 Å². The first-order valence-corrected chi connectivity index (χ1v) is 9.16. The zero-order valence-electron chi connectivity index (χ0n) is 14.0. The SMILES string of the molecule is COC(=O)CC(NC(=O)[C@@H]1CC[C@H](CN)O1)c1ccc(SC)cc1. The molecule has 1 aromatic rings. The summed E-state index contributed by atoms with van der Waals surface area (Å²) in [7, 11) is 1.34. The van der Waals surface area contributed by atoms with Crippen molar-refractivity contribution >= 4 is 23.6 Å².